The number of ether oxygens (including phenoxy) is 1. The number of benzene rings is 1. The van der Waals surface area contributed by atoms with Gasteiger partial charge in [-0.2, -0.15) is 13.2 Å². The number of anilines is 1. The highest BCUT2D eigenvalue weighted by Crippen LogP contribution is 2.36. The Morgan fingerprint density at radius 2 is 1.95 bits per heavy atom. The molecule has 0 atom stereocenters. The quantitative estimate of drug-likeness (QED) is 0.659. The van der Waals surface area contributed by atoms with E-state index in [1.54, 1.807) is 6.07 Å². The topological polar surface area (TPSA) is 50.5 Å². The Bertz CT molecular complexity index is 496. The van der Waals surface area contributed by atoms with Crippen molar-refractivity contribution in [3.63, 3.8) is 0 Å². The van der Waals surface area contributed by atoms with Crippen LogP contribution in [0.1, 0.15) is 11.1 Å². The molecule has 0 unspecified atom stereocenters. The molecule has 1 saturated heterocycles. The molecule has 0 radical (unpaired) electrons. The lowest BCUT2D eigenvalue weighted by Crippen LogP contribution is -2.36. The molecule has 1 heterocycles. The summed E-state index contributed by atoms with van der Waals surface area (Å²) in [6.45, 7) is 5.67. The molecular formula is C13H16F3N3O. The van der Waals surface area contributed by atoms with Crippen LogP contribution in [0.15, 0.2) is 24.8 Å². The van der Waals surface area contributed by atoms with Gasteiger partial charge in [0.1, 0.15) is 0 Å². The molecular weight excluding hydrogens is 271 g/mol. The highest BCUT2D eigenvalue weighted by molar-refractivity contribution is 5.68. The third-order valence-electron chi connectivity index (χ3n) is 3.18. The molecule has 4 nitrogen and oxygen atoms in total. The summed E-state index contributed by atoms with van der Waals surface area (Å²) in [5.41, 5.74) is 1.93. The first-order valence-electron chi connectivity index (χ1n) is 6.13. The number of alkyl halides is 3. The SMILES string of the molecule is C=C(NN)c1ccc(N2CCOCC2)cc1C(F)(F)F. The largest absolute Gasteiger partial charge is 0.417 e. The zero-order chi connectivity index (χ0) is 14.8. The maximum absolute atomic E-state index is 13.1. The van der Waals surface area contributed by atoms with Gasteiger partial charge in [0.2, 0.25) is 0 Å². The summed E-state index contributed by atoms with van der Waals surface area (Å²) in [7, 11) is 0. The summed E-state index contributed by atoms with van der Waals surface area (Å²) in [6.07, 6.45) is -4.46. The fourth-order valence-corrected chi connectivity index (χ4v) is 2.13. The van der Waals surface area contributed by atoms with E-state index in [9.17, 15) is 13.2 Å². The number of nitrogens with two attached hydrogens (primary N) is 1. The number of morpholine rings is 1. The summed E-state index contributed by atoms with van der Waals surface area (Å²) < 4.78 is 44.6. The van der Waals surface area contributed by atoms with Crippen molar-refractivity contribution in [2.24, 2.45) is 5.84 Å². The first-order chi connectivity index (χ1) is 9.43. The number of hydrazine groups is 1. The molecule has 0 bridgehead atoms. The van der Waals surface area contributed by atoms with Crippen molar-refractivity contribution >= 4 is 11.4 Å². The summed E-state index contributed by atoms with van der Waals surface area (Å²) in [5.74, 6) is 5.15. The van der Waals surface area contributed by atoms with Gasteiger partial charge in [0.25, 0.3) is 0 Å². The third kappa shape index (κ3) is 3.05. The number of nitrogens with one attached hydrogen (secondary N) is 1. The molecule has 0 spiro atoms. The van der Waals surface area contributed by atoms with E-state index in [0.29, 0.717) is 32.0 Å². The van der Waals surface area contributed by atoms with Crippen molar-refractivity contribution < 1.29 is 17.9 Å². The highest BCUT2D eigenvalue weighted by atomic mass is 19.4. The molecule has 2 rings (SSSR count). The summed E-state index contributed by atoms with van der Waals surface area (Å²) in [6, 6.07) is 4.15. The average Bonchev–Trinajstić information content (AvgIpc) is 2.46. The fourth-order valence-electron chi connectivity index (χ4n) is 2.13. The van der Waals surface area contributed by atoms with Crippen molar-refractivity contribution in [1.82, 2.24) is 5.43 Å². The zero-order valence-corrected chi connectivity index (χ0v) is 10.8. The van der Waals surface area contributed by atoms with Gasteiger partial charge < -0.3 is 15.1 Å². The van der Waals surface area contributed by atoms with Crippen LogP contribution >= 0.6 is 0 Å². The van der Waals surface area contributed by atoms with E-state index in [1.807, 2.05) is 4.90 Å². The number of hydrogen-bond donors (Lipinski definition) is 2. The molecule has 0 amide bonds. The van der Waals surface area contributed by atoms with Crippen LogP contribution in [0.25, 0.3) is 5.70 Å². The first kappa shape index (κ1) is 14.7. The second-order valence-corrected chi connectivity index (χ2v) is 4.45. The molecule has 3 N–H and O–H groups in total. The molecule has 110 valence electrons. The summed E-state index contributed by atoms with van der Waals surface area (Å²) in [5, 5.41) is 0. The standard InChI is InChI=1S/C13H16F3N3O/c1-9(18-17)11-3-2-10(8-12(11)13(14,15)16)19-4-6-20-7-5-19/h2-3,8,18H,1,4-7,17H2. The van der Waals surface area contributed by atoms with Gasteiger partial charge in [-0.25, -0.2) is 0 Å². The molecule has 0 aliphatic carbocycles. The smallest absolute Gasteiger partial charge is 0.378 e. The van der Waals surface area contributed by atoms with E-state index in [4.69, 9.17) is 10.6 Å². The molecule has 1 aliphatic heterocycles. The minimum Gasteiger partial charge on any atom is -0.378 e. The monoisotopic (exact) mass is 287 g/mol. The molecule has 0 aromatic heterocycles. The lowest BCUT2D eigenvalue weighted by molar-refractivity contribution is -0.137. The minimum atomic E-state index is -4.46. The predicted octanol–water partition coefficient (Wildman–Crippen LogP) is 1.98. The predicted molar refractivity (Wildman–Crippen MR) is 70.8 cm³/mol. The van der Waals surface area contributed by atoms with Crippen LogP contribution in [0, 0.1) is 0 Å². The van der Waals surface area contributed by atoms with E-state index < -0.39 is 11.7 Å². The minimum absolute atomic E-state index is 0.0332. The van der Waals surface area contributed by atoms with Gasteiger partial charge in [0, 0.05) is 30.0 Å². The van der Waals surface area contributed by atoms with E-state index >= 15 is 0 Å². The van der Waals surface area contributed by atoms with Crippen LogP contribution in [0.3, 0.4) is 0 Å². The van der Waals surface area contributed by atoms with Crippen LogP contribution in [0.5, 0.6) is 0 Å². The van der Waals surface area contributed by atoms with Gasteiger partial charge in [-0.15, -0.1) is 0 Å². The van der Waals surface area contributed by atoms with Crippen molar-refractivity contribution in [2.75, 3.05) is 31.2 Å². The number of halogens is 3. The number of hydrogen-bond acceptors (Lipinski definition) is 4. The molecule has 0 saturated carbocycles. The Kier molecular flexibility index (Phi) is 4.20. The van der Waals surface area contributed by atoms with Crippen LogP contribution in [-0.4, -0.2) is 26.3 Å². The van der Waals surface area contributed by atoms with E-state index in [2.05, 4.69) is 12.0 Å². The highest BCUT2D eigenvalue weighted by Gasteiger charge is 2.34. The van der Waals surface area contributed by atoms with Gasteiger partial charge in [-0.1, -0.05) is 12.6 Å². The second-order valence-electron chi connectivity index (χ2n) is 4.45. The molecule has 1 aliphatic rings. The van der Waals surface area contributed by atoms with Crippen molar-refractivity contribution in [2.45, 2.75) is 6.18 Å². The molecule has 1 aromatic carbocycles. The second kappa shape index (κ2) is 5.72. The lowest BCUT2D eigenvalue weighted by Gasteiger charge is -2.29. The normalized spacial score (nSPS) is 16.1. The zero-order valence-electron chi connectivity index (χ0n) is 10.8. The number of rotatable bonds is 3. The molecule has 20 heavy (non-hydrogen) atoms. The number of nitrogens with zero attached hydrogens (tertiary/aromatic N) is 1. The van der Waals surface area contributed by atoms with Crippen LogP contribution in [0.2, 0.25) is 0 Å². The Hall–Kier alpha value is -1.73. The van der Waals surface area contributed by atoms with Crippen molar-refractivity contribution in [3.05, 3.63) is 35.9 Å². The maximum atomic E-state index is 13.1. The van der Waals surface area contributed by atoms with Crippen LogP contribution in [-0.2, 0) is 10.9 Å². The Balaban J connectivity index is 2.40. The Labute approximate surface area is 115 Å². The molecule has 7 heteroatoms. The van der Waals surface area contributed by atoms with Gasteiger partial charge in [0.15, 0.2) is 0 Å². The fraction of sp³-hybridized carbons (Fsp3) is 0.385. The van der Waals surface area contributed by atoms with E-state index in [0.717, 1.165) is 6.07 Å². The van der Waals surface area contributed by atoms with Crippen LogP contribution in [0.4, 0.5) is 18.9 Å². The van der Waals surface area contributed by atoms with Gasteiger partial charge in [-0.05, 0) is 12.1 Å². The molecule has 1 aromatic rings. The van der Waals surface area contributed by atoms with Gasteiger partial charge >= 0.3 is 6.18 Å². The average molecular weight is 287 g/mol. The molecule has 1 fully saturated rings. The Morgan fingerprint density at radius 3 is 2.50 bits per heavy atom. The summed E-state index contributed by atoms with van der Waals surface area (Å²) >= 11 is 0. The van der Waals surface area contributed by atoms with Gasteiger partial charge in [-0.3, -0.25) is 5.84 Å². The van der Waals surface area contributed by atoms with Crippen molar-refractivity contribution in [3.8, 4) is 0 Å². The summed E-state index contributed by atoms with van der Waals surface area (Å²) in [4.78, 5) is 1.86. The van der Waals surface area contributed by atoms with E-state index in [1.165, 1.54) is 6.07 Å². The maximum Gasteiger partial charge on any atom is 0.417 e. The van der Waals surface area contributed by atoms with E-state index in [-0.39, 0.29) is 11.3 Å². The van der Waals surface area contributed by atoms with Crippen molar-refractivity contribution in [1.29, 1.82) is 0 Å². The Morgan fingerprint density at radius 1 is 1.30 bits per heavy atom. The van der Waals surface area contributed by atoms with Gasteiger partial charge in [0.05, 0.1) is 18.8 Å². The first-order valence-corrected chi connectivity index (χ1v) is 6.13. The lowest BCUT2D eigenvalue weighted by atomic mass is 10.0. The van der Waals surface area contributed by atoms with Crippen LogP contribution < -0.4 is 16.2 Å². The third-order valence-corrected chi connectivity index (χ3v) is 3.18.